The van der Waals surface area contributed by atoms with E-state index in [4.69, 9.17) is 9.47 Å². The van der Waals surface area contributed by atoms with Crippen LogP contribution in [0.5, 0.6) is 0 Å². The number of esters is 1. The van der Waals surface area contributed by atoms with Gasteiger partial charge in [-0.15, -0.1) is 0 Å². The third-order valence-electron chi connectivity index (χ3n) is 2.76. The Hall–Kier alpha value is -0.550. The van der Waals surface area contributed by atoms with Crippen LogP contribution in [-0.2, 0) is 14.3 Å². The summed E-state index contributed by atoms with van der Waals surface area (Å²) >= 11 is 1.72. The van der Waals surface area contributed by atoms with Crippen LogP contribution >= 0.6 is 11.8 Å². The van der Waals surface area contributed by atoms with Crippen molar-refractivity contribution >= 4 is 22.8 Å². The third-order valence-corrected chi connectivity index (χ3v) is 4.09. The highest BCUT2D eigenvalue weighted by atomic mass is 32.2. The zero-order chi connectivity index (χ0) is 11.5. The largest absolute Gasteiger partial charge is 0.463 e. The van der Waals surface area contributed by atoms with Crippen LogP contribution in [0.15, 0.2) is 4.99 Å². The fourth-order valence-corrected chi connectivity index (χ4v) is 3.13. The van der Waals surface area contributed by atoms with Gasteiger partial charge in [-0.1, -0.05) is 18.7 Å². The quantitative estimate of drug-likeness (QED) is 0.711. The summed E-state index contributed by atoms with van der Waals surface area (Å²) in [4.78, 5) is 15.3. The lowest BCUT2D eigenvalue weighted by atomic mass is 10.1. The molecule has 1 fully saturated rings. The number of nitrogens with zero attached hydrogens (tertiary/aromatic N) is 1. The zero-order valence-electron chi connectivity index (χ0n) is 9.64. The van der Waals surface area contributed by atoms with Crippen LogP contribution in [0, 0.1) is 0 Å². The van der Waals surface area contributed by atoms with Crippen LogP contribution < -0.4 is 0 Å². The number of fused-ring (bicyclic) bond motifs is 1. The van der Waals surface area contributed by atoms with E-state index in [-0.39, 0.29) is 17.5 Å². The van der Waals surface area contributed by atoms with Gasteiger partial charge >= 0.3 is 5.97 Å². The molecule has 1 saturated heterocycles. The number of carbonyl (C=O) groups is 1. The van der Waals surface area contributed by atoms with Crippen molar-refractivity contribution < 1.29 is 14.3 Å². The zero-order valence-corrected chi connectivity index (χ0v) is 10.5. The highest BCUT2D eigenvalue weighted by Crippen LogP contribution is 2.36. The molecule has 16 heavy (non-hydrogen) atoms. The Balaban J connectivity index is 1.82. The molecule has 0 aromatic heterocycles. The predicted octanol–water partition coefficient (Wildman–Crippen LogP) is 1.98. The summed E-state index contributed by atoms with van der Waals surface area (Å²) in [6.45, 7) is 3.91. The molecule has 0 unspecified atom stereocenters. The van der Waals surface area contributed by atoms with E-state index in [1.807, 2.05) is 0 Å². The van der Waals surface area contributed by atoms with Crippen molar-refractivity contribution in [3.05, 3.63) is 0 Å². The minimum atomic E-state index is -0.240. The van der Waals surface area contributed by atoms with Crippen molar-refractivity contribution in [2.45, 2.75) is 50.7 Å². The molecule has 0 amide bonds. The molecule has 4 nitrogen and oxygen atoms in total. The molecule has 0 N–H and O–H groups in total. The molecule has 0 spiro atoms. The summed E-state index contributed by atoms with van der Waals surface area (Å²) in [5.41, 5.74) is 0.143. The van der Waals surface area contributed by atoms with Gasteiger partial charge in [-0.05, 0) is 19.3 Å². The first-order valence-corrected chi connectivity index (χ1v) is 6.59. The van der Waals surface area contributed by atoms with Crippen LogP contribution in [-0.4, -0.2) is 35.2 Å². The molecule has 0 aromatic carbocycles. The summed E-state index contributed by atoms with van der Waals surface area (Å²) in [5, 5.41) is 1.18. The smallest absolute Gasteiger partial charge is 0.302 e. The average Bonchev–Trinajstić information content (AvgIpc) is 2.68. The van der Waals surface area contributed by atoms with Gasteiger partial charge in [0, 0.05) is 6.92 Å². The molecule has 2 heterocycles. The summed E-state index contributed by atoms with van der Waals surface area (Å²) in [5.74, 6) is -0.240. The standard InChI is InChI=1S/C11H17NO3S/c1-3-10-12-9-5-4-8(6-14-7(2)13)15-11(9)16-10/h8-9,11H,3-6H2,1-2H3/t8-,9-,11-/m1/s1. The van der Waals surface area contributed by atoms with E-state index in [2.05, 4.69) is 11.9 Å². The van der Waals surface area contributed by atoms with Crippen molar-refractivity contribution in [2.75, 3.05) is 6.61 Å². The Morgan fingerprint density at radius 1 is 1.62 bits per heavy atom. The van der Waals surface area contributed by atoms with Crippen molar-refractivity contribution in [1.29, 1.82) is 0 Å². The lowest BCUT2D eigenvalue weighted by Crippen LogP contribution is -2.36. The molecule has 0 saturated carbocycles. The van der Waals surface area contributed by atoms with E-state index in [1.54, 1.807) is 11.8 Å². The van der Waals surface area contributed by atoms with Gasteiger partial charge in [-0.2, -0.15) is 0 Å². The molecule has 0 bridgehead atoms. The molecule has 0 radical (unpaired) electrons. The van der Waals surface area contributed by atoms with E-state index in [1.165, 1.54) is 12.0 Å². The molecular formula is C11H17NO3S. The van der Waals surface area contributed by atoms with Crippen molar-refractivity contribution in [2.24, 2.45) is 4.99 Å². The average molecular weight is 243 g/mol. The van der Waals surface area contributed by atoms with E-state index in [9.17, 15) is 4.79 Å². The highest BCUT2D eigenvalue weighted by molar-refractivity contribution is 8.14. The Labute approximate surface area is 99.8 Å². The SMILES string of the molecule is CCC1=N[C@@H]2CC[C@H](COC(C)=O)O[C@@H]2S1. The van der Waals surface area contributed by atoms with Gasteiger partial charge in [-0.25, -0.2) is 0 Å². The normalized spacial score (nSPS) is 33.1. The first kappa shape index (κ1) is 11.9. The Kier molecular flexibility index (Phi) is 3.86. The second-order valence-corrected chi connectivity index (χ2v) is 5.24. The highest BCUT2D eigenvalue weighted by Gasteiger charge is 2.36. The van der Waals surface area contributed by atoms with Crippen LogP contribution in [0.25, 0.3) is 0 Å². The molecule has 0 aliphatic carbocycles. The van der Waals surface area contributed by atoms with E-state index < -0.39 is 0 Å². The van der Waals surface area contributed by atoms with Crippen molar-refractivity contribution in [1.82, 2.24) is 0 Å². The lowest BCUT2D eigenvalue weighted by Gasteiger charge is -2.30. The molecular weight excluding hydrogens is 226 g/mol. The minimum absolute atomic E-state index is 0.0454. The molecule has 2 aliphatic heterocycles. The van der Waals surface area contributed by atoms with Gasteiger partial charge in [0.25, 0.3) is 0 Å². The number of aliphatic imine (C=N–C) groups is 1. The number of ether oxygens (including phenoxy) is 2. The molecule has 2 aliphatic rings. The summed E-state index contributed by atoms with van der Waals surface area (Å²) in [6.07, 6.45) is 2.99. The van der Waals surface area contributed by atoms with Gasteiger partial charge < -0.3 is 9.47 Å². The summed E-state index contributed by atoms with van der Waals surface area (Å²) < 4.78 is 10.8. The van der Waals surface area contributed by atoms with Gasteiger partial charge in [0.05, 0.1) is 17.2 Å². The maximum Gasteiger partial charge on any atom is 0.302 e. The first-order valence-electron chi connectivity index (χ1n) is 5.71. The van der Waals surface area contributed by atoms with Gasteiger partial charge in [0.2, 0.25) is 0 Å². The predicted molar refractivity (Wildman–Crippen MR) is 63.6 cm³/mol. The maximum atomic E-state index is 10.7. The Morgan fingerprint density at radius 3 is 3.12 bits per heavy atom. The molecule has 2 rings (SSSR count). The van der Waals surface area contributed by atoms with Crippen LogP contribution in [0.2, 0.25) is 0 Å². The fourth-order valence-electron chi connectivity index (χ4n) is 1.93. The number of thioether (sulfide) groups is 1. The van der Waals surface area contributed by atoms with E-state index in [0.717, 1.165) is 19.3 Å². The first-order chi connectivity index (χ1) is 7.69. The number of hydrogen-bond acceptors (Lipinski definition) is 5. The third kappa shape index (κ3) is 2.77. The van der Waals surface area contributed by atoms with Crippen molar-refractivity contribution in [3.63, 3.8) is 0 Å². The minimum Gasteiger partial charge on any atom is -0.463 e. The monoisotopic (exact) mass is 243 g/mol. The Morgan fingerprint density at radius 2 is 2.44 bits per heavy atom. The second-order valence-electron chi connectivity index (χ2n) is 4.07. The van der Waals surface area contributed by atoms with E-state index >= 15 is 0 Å². The van der Waals surface area contributed by atoms with Crippen LogP contribution in [0.4, 0.5) is 0 Å². The van der Waals surface area contributed by atoms with Crippen LogP contribution in [0.1, 0.15) is 33.1 Å². The second kappa shape index (κ2) is 5.19. The number of rotatable bonds is 3. The maximum absolute atomic E-state index is 10.7. The number of hydrogen-bond donors (Lipinski definition) is 0. The summed E-state index contributed by atoms with van der Waals surface area (Å²) in [7, 11) is 0. The topological polar surface area (TPSA) is 47.9 Å². The number of carbonyl (C=O) groups excluding carboxylic acids is 1. The van der Waals surface area contributed by atoms with Crippen LogP contribution in [0.3, 0.4) is 0 Å². The van der Waals surface area contributed by atoms with Gasteiger partial charge in [-0.3, -0.25) is 9.79 Å². The van der Waals surface area contributed by atoms with Gasteiger partial charge in [0.1, 0.15) is 12.0 Å². The Bertz CT molecular complexity index is 306. The fraction of sp³-hybridized carbons (Fsp3) is 0.818. The molecule has 90 valence electrons. The van der Waals surface area contributed by atoms with Gasteiger partial charge in [0.15, 0.2) is 0 Å². The van der Waals surface area contributed by atoms with Crippen molar-refractivity contribution in [3.8, 4) is 0 Å². The summed E-state index contributed by atoms with van der Waals surface area (Å²) in [6, 6.07) is 0.313. The lowest BCUT2D eigenvalue weighted by molar-refractivity contribution is -0.147. The molecule has 0 aromatic rings. The molecule has 5 heteroatoms. The van der Waals surface area contributed by atoms with E-state index in [0.29, 0.717) is 12.6 Å². The molecule has 3 atom stereocenters.